The van der Waals surface area contributed by atoms with Gasteiger partial charge in [0.2, 0.25) is 5.95 Å². The number of fused-ring (bicyclic) bond motifs is 1. The van der Waals surface area contributed by atoms with Crippen LogP contribution < -0.4 is 10.2 Å². The van der Waals surface area contributed by atoms with Crippen LogP contribution in [0.4, 0.5) is 16.2 Å². The molecule has 4 nitrogen and oxygen atoms in total. The summed E-state index contributed by atoms with van der Waals surface area (Å²) >= 11 is 6.17. The molecule has 0 saturated carbocycles. The molecule has 0 aliphatic carbocycles. The maximum atomic E-state index is 13.1. The molecule has 0 spiro atoms. The molecule has 1 N–H and O–H groups in total. The van der Waals surface area contributed by atoms with E-state index >= 15 is 0 Å². The van der Waals surface area contributed by atoms with Crippen LogP contribution >= 0.6 is 11.6 Å². The molecule has 1 fully saturated rings. The smallest absolute Gasteiger partial charge is 0.227 e. The van der Waals surface area contributed by atoms with Gasteiger partial charge in [-0.25, -0.2) is 9.37 Å². The van der Waals surface area contributed by atoms with Crippen LogP contribution in [0.1, 0.15) is 24.8 Å². The Labute approximate surface area is 157 Å². The lowest BCUT2D eigenvalue weighted by molar-refractivity contribution is 0.569. The number of aromatic nitrogens is 2. The summed E-state index contributed by atoms with van der Waals surface area (Å²) in [6.45, 7) is 2.52. The number of nitrogens with zero attached hydrogens (tertiary/aromatic N) is 3. The lowest BCUT2D eigenvalue weighted by Crippen LogP contribution is -2.31. The highest BCUT2D eigenvalue weighted by atomic mass is 35.5. The minimum atomic E-state index is -0.233. The standard InChI is InChI=1S/C20H20ClFN4/c21-15-6-9-17-18(12-15)24-20(26-10-2-1-3-11-26)25-19(17)23-13-14-4-7-16(22)8-5-14/h4-9,12H,1-3,10-11,13H2,(H,23,24,25). The second-order valence-electron chi connectivity index (χ2n) is 6.56. The zero-order chi connectivity index (χ0) is 17.9. The van der Waals surface area contributed by atoms with Crippen LogP contribution in [0, 0.1) is 5.82 Å². The predicted molar refractivity (Wildman–Crippen MR) is 104 cm³/mol. The van der Waals surface area contributed by atoms with Gasteiger partial charge < -0.3 is 10.2 Å². The Morgan fingerprint density at radius 2 is 1.77 bits per heavy atom. The van der Waals surface area contributed by atoms with Crippen LogP contribution in [-0.2, 0) is 6.54 Å². The molecule has 0 amide bonds. The summed E-state index contributed by atoms with van der Waals surface area (Å²) in [5, 5.41) is 4.96. The van der Waals surface area contributed by atoms with Crippen LogP contribution in [0.5, 0.6) is 0 Å². The van der Waals surface area contributed by atoms with Crippen molar-refractivity contribution >= 4 is 34.3 Å². The highest BCUT2D eigenvalue weighted by Gasteiger charge is 2.16. The van der Waals surface area contributed by atoms with Crippen LogP contribution in [0.25, 0.3) is 10.9 Å². The summed E-state index contributed by atoms with van der Waals surface area (Å²) in [5.74, 6) is 1.28. The number of nitrogens with one attached hydrogen (secondary N) is 1. The number of hydrogen-bond acceptors (Lipinski definition) is 4. The van der Waals surface area contributed by atoms with E-state index in [0.29, 0.717) is 11.6 Å². The molecule has 0 bridgehead atoms. The van der Waals surface area contributed by atoms with E-state index in [4.69, 9.17) is 21.6 Å². The molecule has 2 heterocycles. The summed E-state index contributed by atoms with van der Waals surface area (Å²) < 4.78 is 13.1. The SMILES string of the molecule is Fc1ccc(CNc2nc(N3CCCCC3)nc3cc(Cl)ccc23)cc1. The van der Waals surface area contributed by atoms with E-state index in [-0.39, 0.29) is 5.82 Å². The van der Waals surface area contributed by atoms with Crippen molar-refractivity contribution in [1.82, 2.24) is 9.97 Å². The zero-order valence-electron chi connectivity index (χ0n) is 14.4. The number of piperidine rings is 1. The normalized spacial score (nSPS) is 14.6. The largest absolute Gasteiger partial charge is 0.365 e. The summed E-state index contributed by atoms with van der Waals surface area (Å²) in [6.07, 6.45) is 3.58. The van der Waals surface area contributed by atoms with Crippen molar-refractivity contribution in [3.8, 4) is 0 Å². The molecule has 1 aromatic heterocycles. The van der Waals surface area contributed by atoms with Crippen molar-refractivity contribution in [2.75, 3.05) is 23.3 Å². The molecular weight excluding hydrogens is 351 g/mol. The summed E-state index contributed by atoms with van der Waals surface area (Å²) in [7, 11) is 0. The van der Waals surface area contributed by atoms with Gasteiger partial charge in [0, 0.05) is 30.0 Å². The van der Waals surface area contributed by atoms with E-state index in [1.807, 2.05) is 18.2 Å². The average molecular weight is 371 g/mol. The number of rotatable bonds is 4. The molecule has 26 heavy (non-hydrogen) atoms. The fourth-order valence-corrected chi connectivity index (χ4v) is 3.41. The third-order valence-electron chi connectivity index (χ3n) is 4.66. The molecule has 0 atom stereocenters. The monoisotopic (exact) mass is 370 g/mol. The molecule has 1 aliphatic heterocycles. The van der Waals surface area contributed by atoms with Crippen LogP contribution in [0.2, 0.25) is 5.02 Å². The quantitative estimate of drug-likeness (QED) is 0.699. The topological polar surface area (TPSA) is 41.1 Å². The highest BCUT2D eigenvalue weighted by molar-refractivity contribution is 6.31. The van der Waals surface area contributed by atoms with Gasteiger partial charge >= 0.3 is 0 Å². The van der Waals surface area contributed by atoms with Gasteiger partial charge in [0.05, 0.1) is 5.52 Å². The third-order valence-corrected chi connectivity index (χ3v) is 4.89. The van der Waals surface area contributed by atoms with E-state index in [0.717, 1.165) is 54.2 Å². The number of benzene rings is 2. The van der Waals surface area contributed by atoms with Gasteiger partial charge in [-0.2, -0.15) is 4.98 Å². The van der Waals surface area contributed by atoms with Crippen LogP contribution in [0.15, 0.2) is 42.5 Å². The van der Waals surface area contributed by atoms with Gasteiger partial charge in [-0.05, 0) is 55.2 Å². The van der Waals surface area contributed by atoms with Gasteiger partial charge in [0.25, 0.3) is 0 Å². The van der Waals surface area contributed by atoms with Gasteiger partial charge in [0.15, 0.2) is 0 Å². The Bertz CT molecular complexity index is 908. The van der Waals surface area contributed by atoms with E-state index in [2.05, 4.69) is 10.2 Å². The Kier molecular flexibility index (Phi) is 4.89. The summed E-state index contributed by atoms with van der Waals surface area (Å²) in [6, 6.07) is 12.1. The van der Waals surface area contributed by atoms with Crippen molar-refractivity contribution < 1.29 is 4.39 Å². The van der Waals surface area contributed by atoms with Crippen molar-refractivity contribution in [1.29, 1.82) is 0 Å². The predicted octanol–water partition coefficient (Wildman–Crippen LogP) is 5.02. The first kappa shape index (κ1) is 17.0. The van der Waals surface area contributed by atoms with E-state index in [1.165, 1.54) is 18.6 Å². The van der Waals surface area contributed by atoms with Crippen LogP contribution in [-0.4, -0.2) is 23.1 Å². The van der Waals surface area contributed by atoms with Gasteiger partial charge in [-0.3, -0.25) is 0 Å². The Morgan fingerprint density at radius 1 is 1.00 bits per heavy atom. The fraction of sp³-hybridized carbons (Fsp3) is 0.300. The van der Waals surface area contributed by atoms with Crippen LogP contribution in [0.3, 0.4) is 0 Å². The first-order valence-electron chi connectivity index (χ1n) is 8.89. The summed E-state index contributed by atoms with van der Waals surface area (Å²) in [4.78, 5) is 11.7. The maximum Gasteiger partial charge on any atom is 0.227 e. The highest BCUT2D eigenvalue weighted by Crippen LogP contribution is 2.27. The molecular formula is C20H20ClFN4. The summed E-state index contributed by atoms with van der Waals surface area (Å²) in [5.41, 5.74) is 1.82. The van der Waals surface area contributed by atoms with Gasteiger partial charge in [-0.1, -0.05) is 23.7 Å². The number of hydrogen-bond donors (Lipinski definition) is 1. The molecule has 1 aliphatic rings. The number of halogens is 2. The van der Waals surface area contributed by atoms with Crippen molar-refractivity contribution in [3.05, 3.63) is 58.9 Å². The molecule has 4 rings (SSSR count). The molecule has 1 saturated heterocycles. The molecule has 134 valence electrons. The average Bonchev–Trinajstić information content (AvgIpc) is 2.67. The molecule has 2 aromatic carbocycles. The van der Waals surface area contributed by atoms with Crippen molar-refractivity contribution in [2.45, 2.75) is 25.8 Å². The van der Waals surface area contributed by atoms with E-state index in [1.54, 1.807) is 12.1 Å². The fourth-order valence-electron chi connectivity index (χ4n) is 3.25. The van der Waals surface area contributed by atoms with E-state index in [9.17, 15) is 4.39 Å². The minimum Gasteiger partial charge on any atom is -0.365 e. The Hall–Kier alpha value is -2.40. The lowest BCUT2D eigenvalue weighted by Gasteiger charge is -2.27. The number of anilines is 2. The molecule has 0 unspecified atom stereocenters. The second kappa shape index (κ2) is 7.46. The first-order valence-corrected chi connectivity index (χ1v) is 9.27. The first-order chi connectivity index (χ1) is 12.7. The zero-order valence-corrected chi connectivity index (χ0v) is 15.1. The third kappa shape index (κ3) is 3.73. The molecule has 6 heteroatoms. The Balaban J connectivity index is 1.67. The van der Waals surface area contributed by atoms with E-state index < -0.39 is 0 Å². The van der Waals surface area contributed by atoms with Gasteiger partial charge in [0.1, 0.15) is 11.6 Å². The van der Waals surface area contributed by atoms with Crippen molar-refractivity contribution in [3.63, 3.8) is 0 Å². The second-order valence-corrected chi connectivity index (χ2v) is 7.00. The lowest BCUT2D eigenvalue weighted by atomic mass is 10.1. The van der Waals surface area contributed by atoms with Gasteiger partial charge in [-0.15, -0.1) is 0 Å². The van der Waals surface area contributed by atoms with Crippen molar-refractivity contribution in [2.24, 2.45) is 0 Å². The minimum absolute atomic E-state index is 0.233. The Morgan fingerprint density at radius 3 is 2.54 bits per heavy atom. The molecule has 0 radical (unpaired) electrons. The maximum absolute atomic E-state index is 13.1. The molecule has 3 aromatic rings.